The van der Waals surface area contributed by atoms with E-state index in [4.69, 9.17) is 0 Å². The third-order valence-electron chi connectivity index (χ3n) is 2.85. The van der Waals surface area contributed by atoms with Crippen LogP contribution in [-0.2, 0) is 11.2 Å². The molecule has 2 rings (SSSR count). The summed E-state index contributed by atoms with van der Waals surface area (Å²) in [5.41, 5.74) is 1.01. The van der Waals surface area contributed by atoms with E-state index < -0.39 is 0 Å². The van der Waals surface area contributed by atoms with Crippen molar-refractivity contribution in [1.29, 1.82) is 0 Å². The standard InChI is InChI=1S/C13H18N2O/c1-2-8-15(12-5-6-12)13(16)9-11-4-3-7-14-10-11/h3-4,7,10,12H,2,5-6,8-9H2,1H3. The molecule has 16 heavy (non-hydrogen) atoms. The highest BCUT2D eigenvalue weighted by atomic mass is 16.2. The van der Waals surface area contributed by atoms with E-state index in [0.717, 1.165) is 18.5 Å². The minimum absolute atomic E-state index is 0.248. The van der Waals surface area contributed by atoms with Crippen LogP contribution in [0, 0.1) is 0 Å². The highest BCUT2D eigenvalue weighted by Gasteiger charge is 2.31. The number of carbonyl (C=O) groups is 1. The molecule has 0 aromatic carbocycles. The summed E-state index contributed by atoms with van der Waals surface area (Å²) in [5.74, 6) is 0.248. The van der Waals surface area contributed by atoms with Crippen LogP contribution in [0.4, 0.5) is 0 Å². The molecule has 1 aliphatic rings. The molecule has 0 unspecified atom stereocenters. The lowest BCUT2D eigenvalue weighted by Gasteiger charge is -2.21. The number of hydrogen-bond acceptors (Lipinski definition) is 2. The van der Waals surface area contributed by atoms with Crippen molar-refractivity contribution in [1.82, 2.24) is 9.88 Å². The maximum Gasteiger partial charge on any atom is 0.227 e. The van der Waals surface area contributed by atoms with Crippen LogP contribution in [0.25, 0.3) is 0 Å². The molecule has 1 saturated carbocycles. The fraction of sp³-hybridized carbons (Fsp3) is 0.538. The van der Waals surface area contributed by atoms with Gasteiger partial charge in [-0.3, -0.25) is 9.78 Å². The molecule has 0 bridgehead atoms. The summed E-state index contributed by atoms with van der Waals surface area (Å²) in [4.78, 5) is 18.1. The quantitative estimate of drug-likeness (QED) is 0.757. The first kappa shape index (κ1) is 11.1. The Morgan fingerprint density at radius 1 is 1.56 bits per heavy atom. The zero-order valence-corrected chi connectivity index (χ0v) is 9.72. The van der Waals surface area contributed by atoms with Gasteiger partial charge < -0.3 is 4.90 Å². The summed E-state index contributed by atoms with van der Waals surface area (Å²) in [6.45, 7) is 3.01. The van der Waals surface area contributed by atoms with Gasteiger partial charge >= 0.3 is 0 Å². The normalized spacial score (nSPS) is 14.8. The van der Waals surface area contributed by atoms with Crippen molar-refractivity contribution in [3.05, 3.63) is 30.1 Å². The van der Waals surface area contributed by atoms with Gasteiger partial charge in [0.05, 0.1) is 6.42 Å². The van der Waals surface area contributed by atoms with Crippen LogP contribution in [0.15, 0.2) is 24.5 Å². The summed E-state index contributed by atoms with van der Waals surface area (Å²) >= 11 is 0. The average Bonchev–Trinajstić information content (AvgIpc) is 3.11. The molecule has 3 nitrogen and oxygen atoms in total. The van der Waals surface area contributed by atoms with Crippen LogP contribution in [0.3, 0.4) is 0 Å². The molecule has 3 heteroatoms. The first-order valence-corrected chi connectivity index (χ1v) is 5.99. The van der Waals surface area contributed by atoms with E-state index in [1.54, 1.807) is 12.4 Å². The van der Waals surface area contributed by atoms with Crippen LogP contribution < -0.4 is 0 Å². The van der Waals surface area contributed by atoms with Crippen molar-refractivity contribution in [2.75, 3.05) is 6.54 Å². The molecule has 1 aromatic heterocycles. The molecule has 0 aliphatic heterocycles. The molecule has 1 aliphatic carbocycles. The van der Waals surface area contributed by atoms with Gasteiger partial charge in [-0.05, 0) is 30.9 Å². The zero-order chi connectivity index (χ0) is 11.4. The predicted octanol–water partition coefficient (Wildman–Crippen LogP) is 2.03. The van der Waals surface area contributed by atoms with E-state index >= 15 is 0 Å². The largest absolute Gasteiger partial charge is 0.339 e. The van der Waals surface area contributed by atoms with Gasteiger partial charge in [-0.1, -0.05) is 13.0 Å². The summed E-state index contributed by atoms with van der Waals surface area (Å²) in [6.07, 6.45) is 7.39. The molecular formula is C13H18N2O. The van der Waals surface area contributed by atoms with Crippen molar-refractivity contribution < 1.29 is 4.79 Å². The number of nitrogens with zero attached hydrogens (tertiary/aromatic N) is 2. The van der Waals surface area contributed by atoms with Crippen LogP contribution in [0.1, 0.15) is 31.7 Å². The maximum absolute atomic E-state index is 12.1. The number of amides is 1. The third kappa shape index (κ3) is 2.81. The minimum atomic E-state index is 0.248. The molecule has 1 amide bonds. The van der Waals surface area contributed by atoms with Gasteiger partial charge in [0.15, 0.2) is 0 Å². The van der Waals surface area contributed by atoms with Crippen molar-refractivity contribution in [2.24, 2.45) is 0 Å². The van der Waals surface area contributed by atoms with E-state index in [1.165, 1.54) is 12.8 Å². The smallest absolute Gasteiger partial charge is 0.227 e. The zero-order valence-electron chi connectivity index (χ0n) is 9.72. The molecule has 1 aromatic rings. The Morgan fingerprint density at radius 3 is 2.94 bits per heavy atom. The molecular weight excluding hydrogens is 200 g/mol. The molecule has 1 fully saturated rings. The van der Waals surface area contributed by atoms with Crippen molar-refractivity contribution in [3.8, 4) is 0 Å². The Labute approximate surface area is 96.5 Å². The molecule has 0 saturated heterocycles. The van der Waals surface area contributed by atoms with Crippen molar-refractivity contribution >= 4 is 5.91 Å². The van der Waals surface area contributed by atoms with Gasteiger partial charge in [-0.25, -0.2) is 0 Å². The Bertz CT molecular complexity index is 346. The fourth-order valence-electron chi connectivity index (χ4n) is 1.92. The third-order valence-corrected chi connectivity index (χ3v) is 2.85. The lowest BCUT2D eigenvalue weighted by Crippen LogP contribution is -2.34. The SMILES string of the molecule is CCCN(C(=O)Cc1cccnc1)C1CC1. The Morgan fingerprint density at radius 2 is 2.38 bits per heavy atom. The van der Waals surface area contributed by atoms with Gasteiger partial charge in [0, 0.05) is 25.0 Å². The van der Waals surface area contributed by atoms with Crippen molar-refractivity contribution in [2.45, 2.75) is 38.6 Å². The molecule has 0 N–H and O–H groups in total. The predicted molar refractivity (Wildman–Crippen MR) is 63.0 cm³/mol. The van der Waals surface area contributed by atoms with Crippen LogP contribution in [0.5, 0.6) is 0 Å². The molecule has 0 atom stereocenters. The topological polar surface area (TPSA) is 33.2 Å². The summed E-state index contributed by atoms with van der Waals surface area (Å²) in [5, 5.41) is 0. The van der Waals surface area contributed by atoms with Gasteiger partial charge in [0.2, 0.25) is 5.91 Å². The first-order valence-electron chi connectivity index (χ1n) is 5.99. The van der Waals surface area contributed by atoms with Crippen LogP contribution in [0.2, 0.25) is 0 Å². The summed E-state index contributed by atoms with van der Waals surface area (Å²) in [6, 6.07) is 4.36. The second-order valence-electron chi connectivity index (χ2n) is 4.36. The van der Waals surface area contributed by atoms with Crippen LogP contribution >= 0.6 is 0 Å². The Hall–Kier alpha value is -1.38. The number of aromatic nitrogens is 1. The van der Waals surface area contributed by atoms with Crippen LogP contribution in [-0.4, -0.2) is 28.4 Å². The monoisotopic (exact) mass is 218 g/mol. The summed E-state index contributed by atoms with van der Waals surface area (Å²) in [7, 11) is 0. The second kappa shape index (κ2) is 5.10. The van der Waals surface area contributed by atoms with E-state index in [9.17, 15) is 4.79 Å². The lowest BCUT2D eigenvalue weighted by molar-refractivity contribution is -0.131. The van der Waals surface area contributed by atoms with E-state index in [2.05, 4.69) is 11.9 Å². The average molecular weight is 218 g/mol. The first-order chi connectivity index (χ1) is 7.81. The van der Waals surface area contributed by atoms with Gasteiger partial charge in [0.1, 0.15) is 0 Å². The lowest BCUT2D eigenvalue weighted by atomic mass is 10.2. The highest BCUT2D eigenvalue weighted by molar-refractivity contribution is 5.79. The van der Waals surface area contributed by atoms with Gasteiger partial charge in [-0.2, -0.15) is 0 Å². The van der Waals surface area contributed by atoms with Crippen molar-refractivity contribution in [3.63, 3.8) is 0 Å². The molecule has 0 spiro atoms. The number of hydrogen-bond donors (Lipinski definition) is 0. The second-order valence-corrected chi connectivity index (χ2v) is 4.36. The molecule has 1 heterocycles. The van der Waals surface area contributed by atoms with E-state index in [-0.39, 0.29) is 5.91 Å². The molecule has 0 radical (unpaired) electrons. The Kier molecular flexibility index (Phi) is 3.54. The highest BCUT2D eigenvalue weighted by Crippen LogP contribution is 2.27. The number of pyridine rings is 1. The number of rotatable bonds is 5. The number of carbonyl (C=O) groups excluding carboxylic acids is 1. The maximum atomic E-state index is 12.1. The molecule has 86 valence electrons. The fourth-order valence-corrected chi connectivity index (χ4v) is 1.92. The van der Waals surface area contributed by atoms with E-state index in [0.29, 0.717) is 12.5 Å². The minimum Gasteiger partial charge on any atom is -0.339 e. The van der Waals surface area contributed by atoms with Gasteiger partial charge in [-0.15, -0.1) is 0 Å². The van der Waals surface area contributed by atoms with Gasteiger partial charge in [0.25, 0.3) is 0 Å². The Balaban J connectivity index is 1.95. The summed E-state index contributed by atoms with van der Waals surface area (Å²) < 4.78 is 0. The van der Waals surface area contributed by atoms with E-state index in [1.807, 2.05) is 17.0 Å².